The van der Waals surface area contributed by atoms with E-state index in [2.05, 4.69) is 18.2 Å². The Morgan fingerprint density at radius 1 is 0.571 bits per heavy atom. The SMILES string of the molecule is O=C(c1ccccc1)c1ccc2c(-c3ccccc3)c3ccccc3nc2c1. The Bertz CT molecular complexity index is 1310. The van der Waals surface area contributed by atoms with Crippen molar-refractivity contribution in [1.82, 2.24) is 4.98 Å². The highest BCUT2D eigenvalue weighted by molar-refractivity contribution is 6.14. The third-order valence-corrected chi connectivity index (χ3v) is 5.04. The van der Waals surface area contributed by atoms with Gasteiger partial charge in [0.1, 0.15) is 0 Å². The molecule has 0 unspecified atom stereocenters. The molecule has 28 heavy (non-hydrogen) atoms. The van der Waals surface area contributed by atoms with Crippen LogP contribution < -0.4 is 0 Å². The van der Waals surface area contributed by atoms with Crippen LogP contribution in [0.15, 0.2) is 103 Å². The zero-order valence-corrected chi connectivity index (χ0v) is 15.2. The fraction of sp³-hybridized carbons (Fsp3) is 0. The smallest absolute Gasteiger partial charge is 0.193 e. The van der Waals surface area contributed by atoms with Gasteiger partial charge in [-0.3, -0.25) is 4.79 Å². The van der Waals surface area contributed by atoms with Gasteiger partial charge in [0.2, 0.25) is 0 Å². The van der Waals surface area contributed by atoms with Gasteiger partial charge in [-0.25, -0.2) is 4.98 Å². The molecule has 1 aromatic heterocycles. The van der Waals surface area contributed by atoms with Crippen molar-refractivity contribution in [2.24, 2.45) is 0 Å². The summed E-state index contributed by atoms with van der Waals surface area (Å²) in [7, 11) is 0. The first kappa shape index (κ1) is 16.4. The van der Waals surface area contributed by atoms with Crippen molar-refractivity contribution in [3.63, 3.8) is 0 Å². The zero-order chi connectivity index (χ0) is 18.9. The third kappa shape index (κ3) is 2.76. The van der Waals surface area contributed by atoms with Crippen molar-refractivity contribution in [2.75, 3.05) is 0 Å². The maximum atomic E-state index is 12.9. The van der Waals surface area contributed by atoms with E-state index in [9.17, 15) is 4.79 Å². The van der Waals surface area contributed by atoms with Crippen molar-refractivity contribution in [3.8, 4) is 11.1 Å². The zero-order valence-electron chi connectivity index (χ0n) is 15.2. The molecule has 0 aliphatic rings. The minimum Gasteiger partial charge on any atom is -0.289 e. The number of fused-ring (bicyclic) bond motifs is 2. The quantitative estimate of drug-likeness (QED) is 0.280. The van der Waals surface area contributed by atoms with Crippen molar-refractivity contribution in [1.29, 1.82) is 0 Å². The molecule has 0 saturated heterocycles. The predicted octanol–water partition coefficient (Wildman–Crippen LogP) is 6.29. The average molecular weight is 359 g/mol. The maximum Gasteiger partial charge on any atom is 0.193 e. The first-order valence-electron chi connectivity index (χ1n) is 9.29. The lowest BCUT2D eigenvalue weighted by atomic mass is 9.94. The number of benzene rings is 4. The van der Waals surface area contributed by atoms with Crippen LogP contribution >= 0.6 is 0 Å². The molecule has 5 aromatic rings. The van der Waals surface area contributed by atoms with Crippen LogP contribution in [0.4, 0.5) is 0 Å². The molecule has 1 heterocycles. The monoisotopic (exact) mass is 359 g/mol. The summed E-state index contributed by atoms with van der Waals surface area (Å²) in [6.07, 6.45) is 0. The van der Waals surface area contributed by atoms with E-state index < -0.39 is 0 Å². The number of hydrogen-bond donors (Lipinski definition) is 0. The van der Waals surface area contributed by atoms with Gasteiger partial charge in [0, 0.05) is 27.5 Å². The average Bonchev–Trinajstić information content (AvgIpc) is 2.77. The van der Waals surface area contributed by atoms with Crippen LogP contribution in [0.3, 0.4) is 0 Å². The molecule has 0 N–H and O–H groups in total. The van der Waals surface area contributed by atoms with Crippen molar-refractivity contribution < 1.29 is 4.79 Å². The summed E-state index contributed by atoms with van der Waals surface area (Å²) < 4.78 is 0. The molecule has 0 aliphatic carbocycles. The molecule has 0 saturated carbocycles. The lowest BCUT2D eigenvalue weighted by Crippen LogP contribution is -2.01. The Hall–Kier alpha value is -3.78. The number of aromatic nitrogens is 1. The van der Waals surface area contributed by atoms with E-state index in [1.165, 1.54) is 0 Å². The second kappa shape index (κ2) is 6.75. The highest BCUT2D eigenvalue weighted by Crippen LogP contribution is 2.35. The summed E-state index contributed by atoms with van der Waals surface area (Å²) in [5.41, 5.74) is 5.40. The number of carbonyl (C=O) groups is 1. The molecule has 0 aliphatic heterocycles. The molecule has 0 atom stereocenters. The van der Waals surface area contributed by atoms with Crippen molar-refractivity contribution in [2.45, 2.75) is 0 Å². The number of nitrogens with zero attached hydrogens (tertiary/aromatic N) is 1. The highest BCUT2D eigenvalue weighted by Gasteiger charge is 2.14. The van der Waals surface area contributed by atoms with Crippen LogP contribution in [0.1, 0.15) is 15.9 Å². The van der Waals surface area contributed by atoms with Crippen molar-refractivity contribution in [3.05, 3.63) is 114 Å². The number of pyridine rings is 1. The molecule has 0 amide bonds. The number of hydrogen-bond acceptors (Lipinski definition) is 2. The predicted molar refractivity (Wildman–Crippen MR) is 115 cm³/mol. The summed E-state index contributed by atoms with van der Waals surface area (Å²) in [5.74, 6) is 0.0127. The molecular weight excluding hydrogens is 342 g/mol. The fourth-order valence-electron chi connectivity index (χ4n) is 3.71. The minimum absolute atomic E-state index is 0.0127. The third-order valence-electron chi connectivity index (χ3n) is 5.04. The molecule has 4 aromatic carbocycles. The van der Waals surface area contributed by atoms with Crippen LogP contribution in [0, 0.1) is 0 Å². The van der Waals surface area contributed by atoms with E-state index >= 15 is 0 Å². The van der Waals surface area contributed by atoms with E-state index in [0.717, 1.165) is 32.9 Å². The van der Waals surface area contributed by atoms with E-state index in [1.54, 1.807) is 0 Å². The van der Waals surface area contributed by atoms with Gasteiger partial charge in [0.05, 0.1) is 11.0 Å². The Kier molecular flexibility index (Phi) is 3.95. The molecule has 2 nitrogen and oxygen atoms in total. The number of rotatable bonds is 3. The van der Waals surface area contributed by atoms with Crippen LogP contribution in [-0.2, 0) is 0 Å². The second-order valence-corrected chi connectivity index (χ2v) is 6.80. The fourth-order valence-corrected chi connectivity index (χ4v) is 3.71. The van der Waals surface area contributed by atoms with Gasteiger partial charge in [-0.1, -0.05) is 91.0 Å². The minimum atomic E-state index is 0.0127. The van der Waals surface area contributed by atoms with Gasteiger partial charge in [0.15, 0.2) is 5.78 Å². The molecule has 0 bridgehead atoms. The van der Waals surface area contributed by atoms with Gasteiger partial charge < -0.3 is 0 Å². The van der Waals surface area contributed by atoms with Crippen LogP contribution in [0.5, 0.6) is 0 Å². The first-order valence-corrected chi connectivity index (χ1v) is 9.29. The standard InChI is InChI=1S/C26H17NO/c28-26(19-11-5-2-6-12-19)20-15-16-22-24(17-20)27-23-14-8-7-13-21(23)25(22)18-9-3-1-4-10-18/h1-17H. The largest absolute Gasteiger partial charge is 0.289 e. The van der Waals surface area contributed by atoms with Crippen LogP contribution in [0.2, 0.25) is 0 Å². The number of carbonyl (C=O) groups excluding carboxylic acids is 1. The van der Waals surface area contributed by atoms with E-state index in [0.29, 0.717) is 11.1 Å². The Morgan fingerprint density at radius 3 is 2.00 bits per heavy atom. The summed E-state index contributed by atoms with van der Waals surface area (Å²) >= 11 is 0. The summed E-state index contributed by atoms with van der Waals surface area (Å²) in [5, 5.41) is 2.16. The molecule has 0 fully saturated rings. The van der Waals surface area contributed by atoms with Gasteiger partial charge in [-0.2, -0.15) is 0 Å². The lowest BCUT2D eigenvalue weighted by Gasteiger charge is -2.12. The van der Waals surface area contributed by atoms with E-state index in [4.69, 9.17) is 4.98 Å². The lowest BCUT2D eigenvalue weighted by molar-refractivity contribution is 0.103. The van der Waals surface area contributed by atoms with E-state index in [1.807, 2.05) is 84.9 Å². The van der Waals surface area contributed by atoms with Gasteiger partial charge >= 0.3 is 0 Å². The molecule has 0 radical (unpaired) electrons. The van der Waals surface area contributed by atoms with Crippen LogP contribution in [0.25, 0.3) is 32.9 Å². The maximum absolute atomic E-state index is 12.9. The summed E-state index contributed by atoms with van der Waals surface area (Å²) in [4.78, 5) is 17.7. The summed E-state index contributed by atoms with van der Waals surface area (Å²) in [6, 6.07) is 33.7. The normalized spacial score (nSPS) is 11.0. The molecule has 132 valence electrons. The number of ketones is 1. The molecule has 0 spiro atoms. The van der Waals surface area contributed by atoms with E-state index in [-0.39, 0.29) is 5.78 Å². The summed E-state index contributed by atoms with van der Waals surface area (Å²) in [6.45, 7) is 0. The highest BCUT2D eigenvalue weighted by atomic mass is 16.1. The van der Waals surface area contributed by atoms with Gasteiger partial charge in [-0.15, -0.1) is 0 Å². The van der Waals surface area contributed by atoms with Gasteiger partial charge in [-0.05, 0) is 17.7 Å². The molecule has 2 heteroatoms. The first-order chi connectivity index (χ1) is 13.8. The van der Waals surface area contributed by atoms with Crippen molar-refractivity contribution >= 4 is 27.6 Å². The Morgan fingerprint density at radius 2 is 1.21 bits per heavy atom. The Balaban J connectivity index is 1.77. The molecule has 5 rings (SSSR count). The topological polar surface area (TPSA) is 30.0 Å². The van der Waals surface area contributed by atoms with Crippen LogP contribution in [-0.4, -0.2) is 10.8 Å². The second-order valence-electron chi connectivity index (χ2n) is 6.80. The Labute approximate surface area is 163 Å². The number of para-hydroxylation sites is 1. The van der Waals surface area contributed by atoms with Gasteiger partial charge in [0.25, 0.3) is 0 Å². The molecular formula is C26H17NO.